The molecule has 0 saturated carbocycles. The van der Waals surface area contributed by atoms with Crippen LogP contribution in [0.15, 0.2) is 78.9 Å². The number of amides is 1. The Morgan fingerprint density at radius 1 is 0.903 bits per heavy atom. The van der Waals surface area contributed by atoms with Crippen LogP contribution in [0.4, 0.5) is 11.4 Å². The SMILES string of the molecule is CN(c1ccc(-c2ccccc2)cc1NC(=O)c1cc2ccccc2n1C)S(C)(=O)=O. The highest BCUT2D eigenvalue weighted by molar-refractivity contribution is 7.92. The van der Waals surface area contributed by atoms with Gasteiger partial charge in [-0.25, -0.2) is 8.42 Å². The number of para-hydroxylation sites is 1. The molecule has 31 heavy (non-hydrogen) atoms. The lowest BCUT2D eigenvalue weighted by molar-refractivity contribution is 0.102. The van der Waals surface area contributed by atoms with Crippen LogP contribution in [0.2, 0.25) is 0 Å². The van der Waals surface area contributed by atoms with Crippen LogP contribution in [0.5, 0.6) is 0 Å². The van der Waals surface area contributed by atoms with Crippen LogP contribution in [-0.2, 0) is 17.1 Å². The van der Waals surface area contributed by atoms with E-state index in [-0.39, 0.29) is 5.91 Å². The van der Waals surface area contributed by atoms with Crippen molar-refractivity contribution in [1.82, 2.24) is 4.57 Å². The zero-order valence-electron chi connectivity index (χ0n) is 17.5. The summed E-state index contributed by atoms with van der Waals surface area (Å²) in [6, 6.07) is 24.6. The summed E-state index contributed by atoms with van der Waals surface area (Å²) in [5.74, 6) is -0.313. The normalized spacial score (nSPS) is 11.5. The molecule has 0 aliphatic rings. The first-order valence-corrected chi connectivity index (χ1v) is 11.6. The maximum Gasteiger partial charge on any atom is 0.272 e. The fraction of sp³-hybridized carbons (Fsp3) is 0.125. The Morgan fingerprint density at radius 2 is 1.58 bits per heavy atom. The molecule has 7 heteroatoms. The van der Waals surface area contributed by atoms with Crippen LogP contribution in [-0.4, -0.2) is 32.2 Å². The minimum atomic E-state index is -3.51. The van der Waals surface area contributed by atoms with Crippen molar-refractivity contribution in [1.29, 1.82) is 0 Å². The number of anilines is 2. The van der Waals surface area contributed by atoms with Gasteiger partial charge in [-0.2, -0.15) is 0 Å². The molecule has 1 heterocycles. The van der Waals surface area contributed by atoms with E-state index in [1.165, 1.54) is 11.4 Å². The standard InChI is InChI=1S/C24H23N3O3S/c1-26-21-12-8-7-11-19(21)16-23(26)24(28)25-20-15-18(17-9-5-4-6-10-17)13-14-22(20)27(2)31(3,29)30/h4-16H,1-3H3,(H,25,28). The molecule has 0 radical (unpaired) electrons. The first-order valence-electron chi connectivity index (χ1n) is 9.75. The quantitative estimate of drug-likeness (QED) is 0.504. The molecule has 6 nitrogen and oxygen atoms in total. The molecule has 1 N–H and O–H groups in total. The number of nitrogens with one attached hydrogen (secondary N) is 1. The van der Waals surface area contributed by atoms with Crippen LogP contribution in [0.25, 0.3) is 22.0 Å². The van der Waals surface area contributed by atoms with E-state index in [1.807, 2.05) is 78.3 Å². The summed E-state index contributed by atoms with van der Waals surface area (Å²) in [5.41, 5.74) is 4.09. The number of fused-ring (bicyclic) bond motifs is 1. The van der Waals surface area contributed by atoms with Crippen molar-refractivity contribution in [3.8, 4) is 11.1 Å². The van der Waals surface area contributed by atoms with Crippen LogP contribution in [0.1, 0.15) is 10.5 Å². The summed E-state index contributed by atoms with van der Waals surface area (Å²) in [5, 5.41) is 3.89. The van der Waals surface area contributed by atoms with Gasteiger partial charge in [0.1, 0.15) is 5.69 Å². The Labute approximate surface area is 181 Å². The first-order chi connectivity index (χ1) is 14.8. The molecule has 4 rings (SSSR count). The second kappa shape index (κ2) is 7.92. The molecular formula is C24H23N3O3S. The maximum absolute atomic E-state index is 13.2. The molecule has 1 amide bonds. The van der Waals surface area contributed by atoms with Gasteiger partial charge in [0.2, 0.25) is 10.0 Å². The van der Waals surface area contributed by atoms with Crippen LogP contribution < -0.4 is 9.62 Å². The Kier molecular flexibility index (Phi) is 5.29. The zero-order valence-corrected chi connectivity index (χ0v) is 18.3. The highest BCUT2D eigenvalue weighted by atomic mass is 32.2. The number of sulfonamides is 1. The van der Waals surface area contributed by atoms with Crippen molar-refractivity contribution in [3.63, 3.8) is 0 Å². The number of carbonyl (C=O) groups is 1. The maximum atomic E-state index is 13.2. The van der Waals surface area contributed by atoms with E-state index in [9.17, 15) is 13.2 Å². The Balaban J connectivity index is 1.78. The first kappa shape index (κ1) is 20.7. The number of benzene rings is 3. The van der Waals surface area contributed by atoms with E-state index < -0.39 is 10.0 Å². The van der Waals surface area contributed by atoms with Gasteiger partial charge >= 0.3 is 0 Å². The van der Waals surface area contributed by atoms with Gasteiger partial charge < -0.3 is 9.88 Å². The molecule has 0 spiro atoms. The lowest BCUT2D eigenvalue weighted by Gasteiger charge is -2.21. The van der Waals surface area contributed by atoms with E-state index >= 15 is 0 Å². The molecule has 0 aliphatic heterocycles. The summed E-state index contributed by atoms with van der Waals surface area (Å²) in [6.45, 7) is 0. The zero-order chi connectivity index (χ0) is 22.2. The fourth-order valence-corrected chi connectivity index (χ4v) is 4.11. The van der Waals surface area contributed by atoms with E-state index in [0.29, 0.717) is 17.1 Å². The summed E-state index contributed by atoms with van der Waals surface area (Å²) in [6.07, 6.45) is 1.13. The molecule has 0 atom stereocenters. The number of hydrogen-bond donors (Lipinski definition) is 1. The van der Waals surface area contributed by atoms with Crippen LogP contribution in [0, 0.1) is 0 Å². The molecule has 3 aromatic carbocycles. The van der Waals surface area contributed by atoms with E-state index in [0.717, 1.165) is 28.3 Å². The van der Waals surface area contributed by atoms with Crippen molar-refractivity contribution < 1.29 is 13.2 Å². The summed E-state index contributed by atoms with van der Waals surface area (Å²) >= 11 is 0. The molecular weight excluding hydrogens is 410 g/mol. The van der Waals surface area contributed by atoms with Gasteiger partial charge in [0.05, 0.1) is 17.6 Å². The molecule has 0 bridgehead atoms. The largest absolute Gasteiger partial charge is 0.340 e. The number of aromatic nitrogens is 1. The average molecular weight is 434 g/mol. The molecule has 0 fully saturated rings. The molecule has 0 saturated heterocycles. The van der Waals surface area contributed by atoms with Gasteiger partial charge in [-0.1, -0.05) is 54.6 Å². The molecule has 4 aromatic rings. The Bertz CT molecular complexity index is 1380. The van der Waals surface area contributed by atoms with Crippen LogP contribution in [0.3, 0.4) is 0 Å². The van der Waals surface area contributed by atoms with Crippen molar-refractivity contribution in [2.24, 2.45) is 7.05 Å². The van der Waals surface area contributed by atoms with Gasteiger partial charge in [-0.05, 0) is 35.4 Å². The predicted molar refractivity (Wildman–Crippen MR) is 126 cm³/mol. The average Bonchev–Trinajstić information content (AvgIpc) is 3.10. The smallest absolute Gasteiger partial charge is 0.272 e. The lowest BCUT2D eigenvalue weighted by Crippen LogP contribution is -2.26. The van der Waals surface area contributed by atoms with Crippen molar-refractivity contribution in [2.45, 2.75) is 0 Å². The lowest BCUT2D eigenvalue weighted by atomic mass is 10.0. The third-order valence-electron chi connectivity index (χ3n) is 5.37. The topological polar surface area (TPSA) is 71.4 Å². The second-order valence-electron chi connectivity index (χ2n) is 7.43. The highest BCUT2D eigenvalue weighted by Crippen LogP contribution is 2.33. The Morgan fingerprint density at radius 3 is 2.26 bits per heavy atom. The molecule has 1 aromatic heterocycles. The summed E-state index contributed by atoms with van der Waals surface area (Å²) < 4.78 is 27.3. The van der Waals surface area contributed by atoms with Gasteiger partial charge in [-0.3, -0.25) is 9.10 Å². The van der Waals surface area contributed by atoms with Gasteiger partial charge in [0, 0.05) is 25.0 Å². The predicted octanol–water partition coefficient (Wildman–Crippen LogP) is 4.49. The number of nitrogens with zero attached hydrogens (tertiary/aromatic N) is 2. The Hall–Kier alpha value is -3.58. The highest BCUT2D eigenvalue weighted by Gasteiger charge is 2.20. The van der Waals surface area contributed by atoms with Crippen molar-refractivity contribution >= 4 is 38.2 Å². The summed E-state index contributed by atoms with van der Waals surface area (Å²) in [4.78, 5) is 13.2. The molecule has 158 valence electrons. The fourth-order valence-electron chi connectivity index (χ4n) is 3.59. The number of rotatable bonds is 5. The number of hydrogen-bond acceptors (Lipinski definition) is 3. The van der Waals surface area contributed by atoms with E-state index in [1.54, 1.807) is 12.1 Å². The number of aryl methyl sites for hydroxylation is 1. The van der Waals surface area contributed by atoms with Crippen molar-refractivity contribution in [3.05, 3.63) is 84.6 Å². The minimum Gasteiger partial charge on any atom is -0.340 e. The van der Waals surface area contributed by atoms with Gasteiger partial charge in [-0.15, -0.1) is 0 Å². The second-order valence-corrected chi connectivity index (χ2v) is 9.44. The number of carbonyl (C=O) groups excluding carboxylic acids is 1. The van der Waals surface area contributed by atoms with Crippen LogP contribution >= 0.6 is 0 Å². The molecule has 0 aliphatic carbocycles. The van der Waals surface area contributed by atoms with E-state index in [4.69, 9.17) is 0 Å². The third kappa shape index (κ3) is 4.04. The third-order valence-corrected chi connectivity index (χ3v) is 6.56. The monoisotopic (exact) mass is 433 g/mol. The summed E-state index contributed by atoms with van der Waals surface area (Å²) in [7, 11) is -0.202. The molecule has 0 unspecified atom stereocenters. The minimum absolute atomic E-state index is 0.313. The van der Waals surface area contributed by atoms with Gasteiger partial charge in [0.15, 0.2) is 0 Å². The van der Waals surface area contributed by atoms with Gasteiger partial charge in [0.25, 0.3) is 5.91 Å². The van der Waals surface area contributed by atoms with E-state index in [2.05, 4.69) is 5.32 Å². The van der Waals surface area contributed by atoms with Crippen molar-refractivity contribution in [2.75, 3.05) is 22.9 Å².